The quantitative estimate of drug-likeness (QED) is 0.805. The highest BCUT2D eigenvalue weighted by Crippen LogP contribution is 2.19. The van der Waals surface area contributed by atoms with Gasteiger partial charge in [0.1, 0.15) is 12.4 Å². The number of piperidine rings is 1. The van der Waals surface area contributed by atoms with Crippen LogP contribution in [0.2, 0.25) is 0 Å². The Bertz CT molecular complexity index is 711. The van der Waals surface area contributed by atoms with Gasteiger partial charge < -0.3 is 15.0 Å². The van der Waals surface area contributed by atoms with Gasteiger partial charge in [0.25, 0.3) is 5.91 Å². The summed E-state index contributed by atoms with van der Waals surface area (Å²) in [7, 11) is 1.95. The van der Waals surface area contributed by atoms with E-state index in [-0.39, 0.29) is 30.7 Å². The van der Waals surface area contributed by atoms with Gasteiger partial charge >= 0.3 is 0 Å². The number of amides is 1. The van der Waals surface area contributed by atoms with Crippen LogP contribution < -0.4 is 10.1 Å². The van der Waals surface area contributed by atoms with Gasteiger partial charge in [-0.15, -0.1) is 36.2 Å². The van der Waals surface area contributed by atoms with E-state index < -0.39 is 0 Å². The number of aryl methyl sites for hydroxylation is 1. The molecule has 0 aliphatic carbocycles. The number of ether oxygens (including phenoxy) is 1. The van der Waals surface area contributed by atoms with Crippen molar-refractivity contribution in [3.05, 3.63) is 45.9 Å². The molecule has 1 aromatic carbocycles. The Kier molecular flexibility index (Phi) is 9.36. The first-order valence-corrected chi connectivity index (χ1v) is 9.14. The Morgan fingerprint density at radius 1 is 1.42 bits per heavy atom. The number of carbonyl (C=O) groups is 1. The average molecular weight is 418 g/mol. The first kappa shape index (κ1) is 22.7. The number of nitrogens with zero attached hydrogens (tertiary/aromatic N) is 2. The van der Waals surface area contributed by atoms with Crippen LogP contribution in [0.15, 0.2) is 29.6 Å². The molecular weight excluding hydrogens is 393 g/mol. The predicted octanol–water partition coefficient (Wildman–Crippen LogP) is 3.70. The monoisotopic (exact) mass is 417 g/mol. The van der Waals surface area contributed by atoms with Gasteiger partial charge in [0.05, 0.1) is 10.7 Å². The lowest BCUT2D eigenvalue weighted by Crippen LogP contribution is -2.46. The van der Waals surface area contributed by atoms with Crippen molar-refractivity contribution < 1.29 is 9.53 Å². The second-order valence-electron chi connectivity index (χ2n) is 6.05. The summed E-state index contributed by atoms with van der Waals surface area (Å²) in [6.45, 7) is 3.98. The second-order valence-corrected chi connectivity index (χ2v) is 7.12. The lowest BCUT2D eigenvalue weighted by molar-refractivity contribution is 0.0697. The summed E-state index contributed by atoms with van der Waals surface area (Å²) in [5.74, 6) is 0.776. The number of aromatic nitrogens is 1. The number of carbonyl (C=O) groups excluding carboxylic acids is 1. The van der Waals surface area contributed by atoms with E-state index in [0.717, 1.165) is 36.6 Å². The van der Waals surface area contributed by atoms with Crippen molar-refractivity contribution >= 4 is 42.1 Å². The lowest BCUT2D eigenvalue weighted by Gasteiger charge is -2.32. The summed E-state index contributed by atoms with van der Waals surface area (Å²) in [6.07, 6.45) is 2.16. The first-order valence-electron chi connectivity index (χ1n) is 8.26. The molecule has 1 aliphatic rings. The number of halogens is 2. The molecule has 26 heavy (non-hydrogen) atoms. The summed E-state index contributed by atoms with van der Waals surface area (Å²) in [5.41, 5.74) is 1.60. The van der Waals surface area contributed by atoms with Gasteiger partial charge in [-0.05, 0) is 45.0 Å². The molecule has 1 fully saturated rings. The highest BCUT2D eigenvalue weighted by molar-refractivity contribution is 7.09. The van der Waals surface area contributed by atoms with Crippen LogP contribution >= 0.6 is 36.2 Å². The number of likely N-dealkylation sites (tertiary alicyclic amines) is 1. The Labute approximate surface area is 171 Å². The average Bonchev–Trinajstić information content (AvgIpc) is 3.05. The number of hydrogen-bond acceptors (Lipinski definition) is 5. The Morgan fingerprint density at radius 2 is 2.23 bits per heavy atom. The van der Waals surface area contributed by atoms with E-state index in [4.69, 9.17) is 4.74 Å². The highest BCUT2D eigenvalue weighted by atomic mass is 35.5. The molecule has 1 aliphatic heterocycles. The molecular formula is C18H25Cl2N3O2S. The van der Waals surface area contributed by atoms with Crippen molar-refractivity contribution in [3.8, 4) is 5.75 Å². The minimum absolute atomic E-state index is 0. The van der Waals surface area contributed by atoms with Crippen LogP contribution in [0.4, 0.5) is 0 Å². The van der Waals surface area contributed by atoms with Crippen LogP contribution in [0.25, 0.3) is 0 Å². The van der Waals surface area contributed by atoms with Crippen molar-refractivity contribution in [1.29, 1.82) is 0 Å². The molecule has 2 heterocycles. The molecule has 1 aromatic heterocycles. The molecule has 8 heteroatoms. The van der Waals surface area contributed by atoms with E-state index in [2.05, 4.69) is 10.3 Å². The maximum Gasteiger partial charge on any atom is 0.254 e. The van der Waals surface area contributed by atoms with Crippen molar-refractivity contribution in [1.82, 2.24) is 15.2 Å². The number of likely N-dealkylation sites (N-methyl/N-ethyl adjacent to an activating group) is 1. The maximum atomic E-state index is 12.7. The minimum atomic E-state index is 0. The Morgan fingerprint density at radius 3 is 2.92 bits per heavy atom. The normalized spacial score (nSPS) is 16.4. The van der Waals surface area contributed by atoms with E-state index >= 15 is 0 Å². The van der Waals surface area contributed by atoms with E-state index in [1.807, 2.05) is 48.5 Å². The van der Waals surface area contributed by atoms with Crippen molar-refractivity contribution in [2.45, 2.75) is 32.4 Å². The first-order chi connectivity index (χ1) is 11.7. The molecule has 0 saturated carbocycles. The van der Waals surface area contributed by atoms with Crippen LogP contribution in [-0.4, -0.2) is 42.0 Å². The third kappa shape index (κ3) is 5.84. The molecule has 5 nitrogen and oxygen atoms in total. The van der Waals surface area contributed by atoms with Crippen molar-refractivity contribution in [2.24, 2.45) is 0 Å². The summed E-state index contributed by atoms with van der Waals surface area (Å²) < 4.78 is 5.79. The molecule has 0 radical (unpaired) electrons. The SMILES string of the molecule is CNC1CCCN(C(=O)c2cccc(OCc3csc(C)n3)c2)C1.Cl.Cl. The third-order valence-corrected chi connectivity index (χ3v) is 5.07. The highest BCUT2D eigenvalue weighted by Gasteiger charge is 2.23. The summed E-state index contributed by atoms with van der Waals surface area (Å²) >= 11 is 1.61. The van der Waals surface area contributed by atoms with Gasteiger partial charge in [-0.3, -0.25) is 4.79 Å². The zero-order valence-electron chi connectivity index (χ0n) is 14.9. The molecule has 1 saturated heterocycles. The van der Waals surface area contributed by atoms with Gasteiger partial charge in [0, 0.05) is 30.1 Å². The fraction of sp³-hybridized carbons (Fsp3) is 0.444. The molecule has 2 aromatic rings. The van der Waals surface area contributed by atoms with Crippen LogP contribution in [0.3, 0.4) is 0 Å². The van der Waals surface area contributed by atoms with Gasteiger partial charge in [0.2, 0.25) is 0 Å². The largest absolute Gasteiger partial charge is 0.487 e. The molecule has 1 amide bonds. The van der Waals surface area contributed by atoms with Crippen molar-refractivity contribution in [3.63, 3.8) is 0 Å². The summed E-state index contributed by atoms with van der Waals surface area (Å²) in [4.78, 5) is 19.0. The van der Waals surface area contributed by atoms with Gasteiger partial charge in [0.15, 0.2) is 0 Å². The molecule has 1 N–H and O–H groups in total. The molecule has 1 unspecified atom stereocenters. The third-order valence-electron chi connectivity index (χ3n) is 4.25. The fourth-order valence-corrected chi connectivity index (χ4v) is 3.53. The smallest absolute Gasteiger partial charge is 0.254 e. The van der Waals surface area contributed by atoms with E-state index in [1.54, 1.807) is 11.3 Å². The number of thiazole rings is 1. The fourth-order valence-electron chi connectivity index (χ4n) is 2.93. The summed E-state index contributed by atoms with van der Waals surface area (Å²) in [5, 5.41) is 6.29. The van der Waals surface area contributed by atoms with E-state index in [1.165, 1.54) is 0 Å². The van der Waals surface area contributed by atoms with E-state index in [0.29, 0.717) is 24.0 Å². The lowest BCUT2D eigenvalue weighted by atomic mass is 10.0. The predicted molar refractivity (Wildman–Crippen MR) is 110 cm³/mol. The summed E-state index contributed by atoms with van der Waals surface area (Å²) in [6, 6.07) is 7.81. The van der Waals surface area contributed by atoms with Gasteiger partial charge in [-0.25, -0.2) is 4.98 Å². The Balaban J connectivity index is 0.00000169. The maximum absolute atomic E-state index is 12.7. The number of nitrogens with one attached hydrogen (secondary N) is 1. The van der Waals surface area contributed by atoms with Crippen LogP contribution in [-0.2, 0) is 6.61 Å². The molecule has 0 bridgehead atoms. The number of hydrogen-bond donors (Lipinski definition) is 1. The molecule has 0 spiro atoms. The van der Waals surface area contributed by atoms with Gasteiger partial charge in [-0.1, -0.05) is 6.07 Å². The van der Waals surface area contributed by atoms with Crippen LogP contribution in [0.1, 0.15) is 33.9 Å². The van der Waals surface area contributed by atoms with Crippen LogP contribution in [0, 0.1) is 6.92 Å². The number of rotatable bonds is 5. The van der Waals surface area contributed by atoms with Crippen molar-refractivity contribution in [2.75, 3.05) is 20.1 Å². The Hall–Kier alpha value is -1.34. The standard InChI is InChI=1S/C18H23N3O2S.2ClH/c1-13-20-16(12-24-13)11-23-17-7-3-5-14(9-17)18(22)21-8-4-6-15(10-21)19-2;;/h3,5,7,9,12,15,19H,4,6,8,10-11H2,1-2H3;2*1H. The second kappa shape index (κ2) is 10.7. The zero-order valence-corrected chi connectivity index (χ0v) is 17.4. The van der Waals surface area contributed by atoms with Crippen LogP contribution in [0.5, 0.6) is 5.75 Å². The van der Waals surface area contributed by atoms with E-state index in [9.17, 15) is 4.79 Å². The number of benzene rings is 1. The topological polar surface area (TPSA) is 54.5 Å². The zero-order chi connectivity index (χ0) is 16.9. The minimum Gasteiger partial charge on any atom is -0.487 e. The molecule has 144 valence electrons. The molecule has 1 atom stereocenters. The molecule has 3 rings (SSSR count). The van der Waals surface area contributed by atoms with Gasteiger partial charge in [-0.2, -0.15) is 0 Å².